The normalized spacial score (nSPS) is 24.2. The molecule has 3 saturated heterocycles. The van der Waals surface area contributed by atoms with E-state index >= 15 is 0 Å². The number of halogens is 1. The fourth-order valence-corrected chi connectivity index (χ4v) is 5.03. The number of amides is 1. The summed E-state index contributed by atoms with van der Waals surface area (Å²) in [5.41, 5.74) is 2.17. The smallest absolute Gasteiger partial charge is 0.414 e. The van der Waals surface area contributed by atoms with Gasteiger partial charge in [-0.1, -0.05) is 68.0 Å². The molecule has 3 heterocycles. The fraction of sp³-hybridized carbons (Fsp3) is 0.444. The predicted octanol–water partition coefficient (Wildman–Crippen LogP) is 2.76. The second-order valence-electron chi connectivity index (χ2n) is 9.07. The Bertz CT molecular complexity index is 864. The molecule has 2 aromatic rings. The van der Waals surface area contributed by atoms with E-state index in [-0.39, 0.29) is 29.2 Å². The molecule has 5 rings (SSSR count). The largest absolute Gasteiger partial charge is 1.00 e. The van der Waals surface area contributed by atoms with E-state index in [4.69, 9.17) is 4.74 Å². The molecule has 3 aliphatic heterocycles. The summed E-state index contributed by atoms with van der Waals surface area (Å²) in [5.74, 6) is 0.505. The highest BCUT2D eigenvalue weighted by Crippen LogP contribution is 2.36. The number of benzene rings is 2. The number of rotatable bonds is 8. The summed E-state index contributed by atoms with van der Waals surface area (Å²) in [6, 6.07) is 20.4. The molecular formula is C27H35BrN2O2. The van der Waals surface area contributed by atoms with Crippen molar-refractivity contribution in [3.8, 4) is 0 Å². The maximum atomic E-state index is 13.2. The van der Waals surface area contributed by atoms with Crippen molar-refractivity contribution >= 4 is 17.9 Å². The summed E-state index contributed by atoms with van der Waals surface area (Å²) in [5, 5.41) is 0. The van der Waals surface area contributed by atoms with Crippen molar-refractivity contribution in [3.63, 3.8) is 0 Å². The van der Waals surface area contributed by atoms with Crippen LogP contribution in [0, 0.1) is 5.92 Å². The third kappa shape index (κ3) is 6.02. The third-order valence-electron chi connectivity index (χ3n) is 6.92. The molecule has 0 spiro atoms. The van der Waals surface area contributed by atoms with Crippen molar-refractivity contribution in [1.82, 2.24) is 0 Å². The number of hydrogen-bond donors (Lipinski definition) is 0. The predicted molar refractivity (Wildman–Crippen MR) is 127 cm³/mol. The van der Waals surface area contributed by atoms with Crippen LogP contribution < -0.4 is 21.9 Å². The first-order valence-electron chi connectivity index (χ1n) is 11.8. The van der Waals surface area contributed by atoms with Crippen LogP contribution in [-0.2, 0) is 4.74 Å². The fourth-order valence-electron chi connectivity index (χ4n) is 5.03. The Balaban J connectivity index is 0.00000289. The number of carbonyl (C=O) groups excluding carboxylic acids is 1. The quantitative estimate of drug-likeness (QED) is 0.523. The second kappa shape index (κ2) is 11.7. The minimum atomic E-state index is -0.184. The summed E-state index contributed by atoms with van der Waals surface area (Å²) in [4.78, 5) is 15.0. The minimum absolute atomic E-state index is 0. The van der Waals surface area contributed by atoms with E-state index in [2.05, 4.69) is 43.3 Å². The minimum Gasteiger partial charge on any atom is -1.00 e. The Kier molecular flexibility index (Phi) is 8.94. The lowest BCUT2D eigenvalue weighted by Gasteiger charge is -2.51. The molecule has 32 heavy (non-hydrogen) atoms. The molecule has 3 fully saturated rings. The zero-order chi connectivity index (χ0) is 21.5. The average Bonchev–Trinajstić information content (AvgIpc) is 2.81. The van der Waals surface area contributed by atoms with Gasteiger partial charge >= 0.3 is 6.09 Å². The van der Waals surface area contributed by atoms with Gasteiger partial charge in [-0.15, -0.1) is 0 Å². The first-order valence-corrected chi connectivity index (χ1v) is 11.8. The van der Waals surface area contributed by atoms with Crippen LogP contribution in [0.15, 0.2) is 66.7 Å². The molecule has 3 aliphatic rings. The number of fused-ring (bicyclic) bond motifs is 3. The van der Waals surface area contributed by atoms with Gasteiger partial charge in [0.2, 0.25) is 0 Å². The Morgan fingerprint density at radius 3 is 2.38 bits per heavy atom. The first kappa shape index (κ1) is 24.5. The summed E-state index contributed by atoms with van der Waals surface area (Å²) in [6.07, 6.45) is 8.69. The highest BCUT2D eigenvalue weighted by Gasteiger charge is 2.47. The number of piperidine rings is 3. The zero-order valence-corrected chi connectivity index (χ0v) is 20.6. The van der Waals surface area contributed by atoms with Gasteiger partial charge in [-0.2, -0.15) is 0 Å². The van der Waals surface area contributed by atoms with Crippen LogP contribution in [0.4, 0.5) is 10.5 Å². The lowest BCUT2D eigenvalue weighted by Crippen LogP contribution is -3.00. The van der Waals surface area contributed by atoms with Crippen LogP contribution in [0.2, 0.25) is 0 Å². The Morgan fingerprint density at radius 2 is 1.72 bits per heavy atom. The van der Waals surface area contributed by atoms with Crippen LogP contribution in [-0.4, -0.2) is 49.4 Å². The lowest BCUT2D eigenvalue weighted by molar-refractivity contribution is -0.941. The molecule has 4 nitrogen and oxygen atoms in total. The number of nitrogens with zero attached hydrogens (tertiary/aromatic N) is 2. The first-order chi connectivity index (χ1) is 15.2. The highest BCUT2D eigenvalue weighted by atomic mass is 79.9. The molecule has 0 saturated carbocycles. The number of carbonyl (C=O) groups is 1. The van der Waals surface area contributed by atoms with E-state index in [1.807, 2.05) is 41.3 Å². The van der Waals surface area contributed by atoms with Crippen molar-refractivity contribution in [3.05, 3.63) is 72.3 Å². The standard InChI is InChI=1S/C27H35N2O2.BrH/c1-2-3-18-28(25-14-8-5-9-15-25)27(30)31-26-22-29(20-16-24(26)17-21-29)19-10-13-23-11-6-4-7-12-23;/h4-15,24,26H,2-3,16-22H2,1H3;1H/q+1;/p-1/t24?,26-,29?;/m0./s1. The van der Waals surface area contributed by atoms with Gasteiger partial charge in [-0.25, -0.2) is 4.79 Å². The molecule has 0 aromatic heterocycles. The van der Waals surface area contributed by atoms with Crippen molar-refractivity contribution < 1.29 is 31.0 Å². The monoisotopic (exact) mass is 498 g/mol. The Morgan fingerprint density at radius 1 is 1.06 bits per heavy atom. The van der Waals surface area contributed by atoms with Gasteiger partial charge in [0.05, 0.1) is 19.6 Å². The Hall–Kier alpha value is -2.11. The molecule has 0 radical (unpaired) electrons. The van der Waals surface area contributed by atoms with Crippen molar-refractivity contribution in [2.45, 2.75) is 38.7 Å². The van der Waals surface area contributed by atoms with E-state index in [1.165, 1.54) is 18.7 Å². The van der Waals surface area contributed by atoms with E-state index < -0.39 is 0 Å². The van der Waals surface area contributed by atoms with E-state index in [1.54, 1.807) is 0 Å². The van der Waals surface area contributed by atoms with Crippen molar-refractivity contribution in [2.75, 3.05) is 37.6 Å². The van der Waals surface area contributed by atoms with E-state index in [0.717, 1.165) is 48.9 Å². The van der Waals surface area contributed by atoms with Crippen molar-refractivity contribution in [2.24, 2.45) is 5.92 Å². The number of unbranched alkanes of at least 4 members (excludes halogenated alkanes) is 1. The van der Waals surface area contributed by atoms with Gasteiger partial charge in [-0.3, -0.25) is 4.90 Å². The number of hydrogen-bond acceptors (Lipinski definition) is 2. The van der Waals surface area contributed by atoms with Gasteiger partial charge in [0.25, 0.3) is 0 Å². The van der Waals surface area contributed by atoms with Crippen molar-refractivity contribution in [1.29, 1.82) is 0 Å². The van der Waals surface area contributed by atoms with Gasteiger partial charge in [0.15, 0.2) is 6.10 Å². The molecular weight excluding hydrogens is 464 g/mol. The van der Waals surface area contributed by atoms with Gasteiger partial charge in [-0.05, 0) is 30.2 Å². The van der Waals surface area contributed by atoms with Crippen LogP contribution in [0.3, 0.4) is 0 Å². The van der Waals surface area contributed by atoms with Crippen LogP contribution >= 0.6 is 0 Å². The Labute approximate surface area is 203 Å². The lowest BCUT2D eigenvalue weighted by atomic mass is 9.83. The highest BCUT2D eigenvalue weighted by molar-refractivity contribution is 5.87. The topological polar surface area (TPSA) is 29.5 Å². The van der Waals surface area contributed by atoms with Gasteiger partial charge in [0, 0.05) is 31.0 Å². The number of quaternary nitrogens is 1. The SMILES string of the molecule is CCCCN(C(=O)O[C@H]1C[N+]2(CC=Cc3ccccc3)CCC1CC2)c1ccccc1.[Br-]. The average molecular weight is 499 g/mol. The molecule has 0 N–H and O–H groups in total. The molecule has 172 valence electrons. The number of ether oxygens (including phenoxy) is 1. The molecule has 1 amide bonds. The summed E-state index contributed by atoms with van der Waals surface area (Å²) >= 11 is 0. The zero-order valence-electron chi connectivity index (χ0n) is 19.0. The molecule has 2 bridgehead atoms. The summed E-state index contributed by atoms with van der Waals surface area (Å²) in [6.45, 7) is 7.18. The van der Waals surface area contributed by atoms with Crippen LogP contribution in [0.5, 0.6) is 0 Å². The van der Waals surface area contributed by atoms with Gasteiger partial charge < -0.3 is 26.2 Å². The molecule has 2 aromatic carbocycles. The molecule has 0 aliphatic carbocycles. The maximum absolute atomic E-state index is 13.2. The number of anilines is 1. The van der Waals surface area contributed by atoms with Crippen LogP contribution in [0.25, 0.3) is 6.08 Å². The second-order valence-corrected chi connectivity index (χ2v) is 9.07. The molecule has 5 heteroatoms. The maximum Gasteiger partial charge on any atom is 0.414 e. The summed E-state index contributed by atoms with van der Waals surface area (Å²) < 4.78 is 7.22. The molecule has 0 unspecified atom stereocenters. The van der Waals surface area contributed by atoms with E-state index in [0.29, 0.717) is 12.5 Å². The molecule has 1 atom stereocenters. The summed E-state index contributed by atoms with van der Waals surface area (Å²) in [7, 11) is 0. The van der Waals surface area contributed by atoms with Gasteiger partial charge in [0.1, 0.15) is 6.54 Å². The third-order valence-corrected chi connectivity index (χ3v) is 6.92. The van der Waals surface area contributed by atoms with E-state index in [9.17, 15) is 4.79 Å². The van der Waals surface area contributed by atoms with Crippen LogP contribution in [0.1, 0.15) is 38.2 Å². The number of para-hydroxylation sites is 1.